The molecule has 4 aromatic carbocycles. The fourth-order valence-corrected chi connectivity index (χ4v) is 5.93. The summed E-state index contributed by atoms with van der Waals surface area (Å²) in [6.45, 7) is 1.17. The number of amides is 2. The molecule has 46 heavy (non-hydrogen) atoms. The predicted octanol–water partition coefficient (Wildman–Crippen LogP) is 4.24. The maximum Gasteiger partial charge on any atom is 0.262 e. The normalized spacial score (nSPS) is 12.7. The molecule has 2 amide bonds. The minimum atomic E-state index is -0.277. The Morgan fingerprint density at radius 1 is 0.739 bits per heavy atom. The maximum atomic E-state index is 13.8. The number of carbonyl (C=O) groups is 2. The van der Waals surface area contributed by atoms with Crippen LogP contribution in [-0.4, -0.2) is 40.7 Å². The molecule has 0 saturated heterocycles. The SMILES string of the molecule is O=C(CSc1nc2cc3c(cc2c(=O)n1Cc1ccc(C(=O)NCc2ccc4c(c2)OCO4)cc1)OCO3)NCc1ccccc1. The third-order valence-electron chi connectivity index (χ3n) is 7.53. The Kier molecular flexibility index (Phi) is 8.17. The van der Waals surface area contributed by atoms with Crippen molar-refractivity contribution in [3.63, 3.8) is 0 Å². The highest BCUT2D eigenvalue weighted by molar-refractivity contribution is 7.99. The molecule has 1 aromatic heterocycles. The smallest absolute Gasteiger partial charge is 0.262 e. The molecule has 0 bridgehead atoms. The van der Waals surface area contributed by atoms with Crippen molar-refractivity contribution in [1.82, 2.24) is 20.2 Å². The Labute approximate surface area is 267 Å². The summed E-state index contributed by atoms with van der Waals surface area (Å²) in [5.74, 6) is 1.99. The lowest BCUT2D eigenvalue weighted by Gasteiger charge is -2.14. The monoisotopic (exact) mass is 636 g/mol. The minimum absolute atomic E-state index is 0.0673. The number of rotatable bonds is 10. The van der Waals surface area contributed by atoms with E-state index < -0.39 is 0 Å². The lowest BCUT2D eigenvalue weighted by molar-refractivity contribution is -0.118. The van der Waals surface area contributed by atoms with Crippen LogP contribution in [0, 0.1) is 0 Å². The van der Waals surface area contributed by atoms with E-state index in [0.29, 0.717) is 57.7 Å². The van der Waals surface area contributed by atoms with E-state index in [-0.39, 0.29) is 43.3 Å². The van der Waals surface area contributed by atoms with Gasteiger partial charge in [-0.2, -0.15) is 0 Å². The van der Waals surface area contributed by atoms with Gasteiger partial charge in [-0.25, -0.2) is 4.98 Å². The molecule has 0 radical (unpaired) electrons. The van der Waals surface area contributed by atoms with Crippen LogP contribution in [0.4, 0.5) is 0 Å². The Balaban J connectivity index is 1.07. The van der Waals surface area contributed by atoms with Crippen LogP contribution in [0.25, 0.3) is 10.9 Å². The second kappa shape index (κ2) is 12.9. The summed E-state index contributed by atoms with van der Waals surface area (Å²) in [6, 6.07) is 25.5. The molecule has 2 N–H and O–H groups in total. The van der Waals surface area contributed by atoms with E-state index in [9.17, 15) is 14.4 Å². The van der Waals surface area contributed by atoms with E-state index in [1.54, 1.807) is 36.4 Å². The number of nitrogens with one attached hydrogen (secondary N) is 2. The second-order valence-electron chi connectivity index (χ2n) is 10.6. The van der Waals surface area contributed by atoms with Crippen LogP contribution >= 0.6 is 11.8 Å². The molecule has 0 spiro atoms. The summed E-state index contributed by atoms with van der Waals surface area (Å²) in [7, 11) is 0. The van der Waals surface area contributed by atoms with Crippen molar-refractivity contribution in [1.29, 1.82) is 0 Å². The first-order chi connectivity index (χ1) is 22.5. The molecule has 5 aromatic rings. The van der Waals surface area contributed by atoms with Crippen molar-refractivity contribution >= 4 is 34.5 Å². The van der Waals surface area contributed by atoms with Gasteiger partial charge < -0.3 is 29.6 Å². The van der Waals surface area contributed by atoms with Gasteiger partial charge in [0.25, 0.3) is 11.5 Å². The van der Waals surface area contributed by atoms with E-state index >= 15 is 0 Å². The van der Waals surface area contributed by atoms with Crippen LogP contribution in [0.3, 0.4) is 0 Å². The molecule has 2 aliphatic rings. The van der Waals surface area contributed by atoms with Crippen LogP contribution < -0.4 is 35.1 Å². The number of fused-ring (bicyclic) bond motifs is 3. The Morgan fingerprint density at radius 3 is 2.20 bits per heavy atom. The van der Waals surface area contributed by atoms with Gasteiger partial charge in [0.15, 0.2) is 28.2 Å². The molecule has 3 heterocycles. The van der Waals surface area contributed by atoms with Crippen molar-refractivity contribution in [2.45, 2.75) is 24.8 Å². The highest BCUT2D eigenvalue weighted by Gasteiger charge is 2.20. The van der Waals surface area contributed by atoms with Gasteiger partial charge in [-0.05, 0) is 47.0 Å². The molecule has 0 saturated carbocycles. The molecule has 232 valence electrons. The van der Waals surface area contributed by atoms with Gasteiger partial charge in [-0.1, -0.05) is 60.3 Å². The topological polar surface area (TPSA) is 130 Å². The average Bonchev–Trinajstić information content (AvgIpc) is 3.76. The maximum absolute atomic E-state index is 13.8. The lowest BCUT2D eigenvalue weighted by Crippen LogP contribution is -2.27. The van der Waals surface area contributed by atoms with Gasteiger partial charge in [0, 0.05) is 24.7 Å². The summed E-state index contributed by atoms with van der Waals surface area (Å²) < 4.78 is 23.3. The zero-order valence-corrected chi connectivity index (χ0v) is 25.3. The molecular formula is C34H28N4O7S. The summed E-state index contributed by atoms with van der Waals surface area (Å²) in [5, 5.41) is 6.59. The van der Waals surface area contributed by atoms with Crippen molar-refractivity contribution in [2.75, 3.05) is 19.3 Å². The number of hydrogen-bond donors (Lipinski definition) is 2. The Bertz CT molecular complexity index is 2000. The highest BCUT2D eigenvalue weighted by Crippen LogP contribution is 2.35. The van der Waals surface area contributed by atoms with Gasteiger partial charge in [-0.3, -0.25) is 19.0 Å². The fourth-order valence-electron chi connectivity index (χ4n) is 5.10. The number of ether oxygens (including phenoxy) is 4. The number of aromatic nitrogens is 2. The Hall–Kier alpha value is -5.49. The van der Waals surface area contributed by atoms with E-state index in [1.807, 2.05) is 48.5 Å². The van der Waals surface area contributed by atoms with Crippen molar-refractivity contribution in [2.24, 2.45) is 0 Å². The standard InChI is InChI=1S/C34H28N4O7S/c39-31(35-15-21-4-2-1-3-5-21)18-46-34-37-26-14-30-29(44-20-45-30)13-25(26)33(41)38(34)17-22-6-9-24(10-7-22)32(40)36-16-23-8-11-27-28(12-23)43-19-42-27/h1-14H,15-20H2,(H,35,39)(H,36,40). The van der Waals surface area contributed by atoms with E-state index in [0.717, 1.165) is 16.7 Å². The fraction of sp³-hybridized carbons (Fsp3) is 0.176. The second-order valence-corrected chi connectivity index (χ2v) is 11.6. The largest absolute Gasteiger partial charge is 0.454 e. The van der Waals surface area contributed by atoms with Gasteiger partial charge in [0.2, 0.25) is 19.5 Å². The van der Waals surface area contributed by atoms with Crippen LogP contribution in [-0.2, 0) is 24.4 Å². The molecule has 7 rings (SSSR count). The number of nitrogens with zero attached hydrogens (tertiary/aromatic N) is 2. The molecule has 0 unspecified atom stereocenters. The van der Waals surface area contributed by atoms with Crippen LogP contribution in [0.2, 0.25) is 0 Å². The quantitative estimate of drug-likeness (QED) is 0.171. The number of benzene rings is 4. The lowest BCUT2D eigenvalue weighted by atomic mass is 10.1. The molecule has 0 aliphatic carbocycles. The first kappa shape index (κ1) is 29.2. The van der Waals surface area contributed by atoms with Gasteiger partial charge in [0.05, 0.1) is 23.2 Å². The number of carbonyl (C=O) groups excluding carboxylic acids is 2. The summed E-state index contributed by atoms with van der Waals surface area (Å²) in [6.07, 6.45) is 0. The summed E-state index contributed by atoms with van der Waals surface area (Å²) >= 11 is 1.18. The molecule has 0 fully saturated rings. The molecule has 11 nitrogen and oxygen atoms in total. The van der Waals surface area contributed by atoms with Crippen molar-refractivity contribution < 1.29 is 28.5 Å². The van der Waals surface area contributed by atoms with Crippen LogP contribution in [0.5, 0.6) is 23.0 Å². The summed E-state index contributed by atoms with van der Waals surface area (Å²) in [4.78, 5) is 44.1. The molecule has 0 atom stereocenters. The highest BCUT2D eigenvalue weighted by atomic mass is 32.2. The molecular weight excluding hydrogens is 608 g/mol. The van der Waals surface area contributed by atoms with Gasteiger partial charge in [-0.15, -0.1) is 0 Å². The minimum Gasteiger partial charge on any atom is -0.454 e. The number of hydrogen-bond acceptors (Lipinski definition) is 9. The first-order valence-corrected chi connectivity index (χ1v) is 15.5. The van der Waals surface area contributed by atoms with E-state index in [1.165, 1.54) is 16.3 Å². The molecule has 2 aliphatic heterocycles. The third kappa shape index (κ3) is 6.33. The van der Waals surface area contributed by atoms with Gasteiger partial charge >= 0.3 is 0 Å². The average molecular weight is 637 g/mol. The van der Waals surface area contributed by atoms with Crippen molar-refractivity contribution in [3.8, 4) is 23.0 Å². The van der Waals surface area contributed by atoms with Gasteiger partial charge in [0.1, 0.15) is 0 Å². The predicted molar refractivity (Wildman–Crippen MR) is 170 cm³/mol. The zero-order valence-electron chi connectivity index (χ0n) is 24.5. The van der Waals surface area contributed by atoms with E-state index in [4.69, 9.17) is 23.9 Å². The summed E-state index contributed by atoms with van der Waals surface area (Å²) in [5.41, 5.74) is 3.31. The Morgan fingerprint density at radius 2 is 1.41 bits per heavy atom. The van der Waals surface area contributed by atoms with Crippen LogP contribution in [0.15, 0.2) is 94.9 Å². The zero-order chi connectivity index (χ0) is 31.5. The third-order valence-corrected chi connectivity index (χ3v) is 8.50. The van der Waals surface area contributed by atoms with Crippen molar-refractivity contribution in [3.05, 3.63) is 118 Å². The van der Waals surface area contributed by atoms with Crippen LogP contribution in [0.1, 0.15) is 27.0 Å². The van der Waals surface area contributed by atoms with E-state index in [2.05, 4.69) is 10.6 Å². The number of thioether (sulfide) groups is 1. The first-order valence-electron chi connectivity index (χ1n) is 14.5. The molecule has 12 heteroatoms.